The van der Waals surface area contributed by atoms with Gasteiger partial charge in [-0.15, -0.1) is 0 Å². The van der Waals surface area contributed by atoms with Crippen molar-refractivity contribution in [3.8, 4) is 34.3 Å². The van der Waals surface area contributed by atoms with Gasteiger partial charge in [-0.3, -0.25) is 4.79 Å². The summed E-state index contributed by atoms with van der Waals surface area (Å²) in [6, 6.07) is 5.52. The second kappa shape index (κ2) is 6.93. The van der Waals surface area contributed by atoms with Crippen LogP contribution in [0.2, 0.25) is 0 Å². The zero-order valence-electron chi connectivity index (χ0n) is 13.8. The van der Waals surface area contributed by atoms with Crippen molar-refractivity contribution in [3.05, 3.63) is 46.6 Å². The van der Waals surface area contributed by atoms with Gasteiger partial charge in [-0.05, 0) is 18.2 Å². The van der Waals surface area contributed by atoms with E-state index in [-0.39, 0.29) is 22.3 Å². The van der Waals surface area contributed by atoms with E-state index in [0.717, 1.165) is 36.4 Å². The number of rotatable bonds is 5. The highest BCUT2D eigenvalue weighted by Crippen LogP contribution is 2.35. The summed E-state index contributed by atoms with van der Waals surface area (Å²) in [5.41, 5.74) is -1.09. The van der Waals surface area contributed by atoms with Gasteiger partial charge in [-0.2, -0.15) is 0 Å². The average Bonchev–Trinajstić information content (AvgIpc) is 2.53. The largest absolute Gasteiger partial charge is 0.716 e. The maximum Gasteiger partial charge on any atom is 0.262 e. The lowest BCUT2D eigenvalue weighted by atomic mass is 10.1. The highest BCUT2D eigenvalue weighted by Gasteiger charge is 2.15. The first kappa shape index (κ1) is 20.4. The Labute approximate surface area is 162 Å². The third kappa shape index (κ3) is 4.75. The van der Waals surface area contributed by atoms with E-state index in [4.69, 9.17) is 4.42 Å². The van der Waals surface area contributed by atoms with Crippen LogP contribution in [-0.4, -0.2) is 36.2 Å². The van der Waals surface area contributed by atoms with E-state index >= 15 is 0 Å². The fourth-order valence-corrected chi connectivity index (χ4v) is 3.10. The molecule has 2 aromatic carbocycles. The van der Waals surface area contributed by atoms with Crippen molar-refractivity contribution >= 4 is 31.8 Å². The topological polar surface area (TPSA) is 204 Å². The van der Waals surface area contributed by atoms with Crippen molar-refractivity contribution in [2.24, 2.45) is 0 Å². The molecule has 14 heteroatoms. The summed E-state index contributed by atoms with van der Waals surface area (Å²) in [7, 11) is -10.3. The highest BCUT2D eigenvalue weighted by atomic mass is 32.3. The molecular formula is C15H8O12S2-2. The van der Waals surface area contributed by atoms with Crippen molar-refractivity contribution in [3.63, 3.8) is 0 Å². The Hall–Kier alpha value is -3.33. The van der Waals surface area contributed by atoms with Gasteiger partial charge in [0.05, 0.1) is 0 Å². The maximum atomic E-state index is 12.3. The molecule has 1 aromatic heterocycles. The summed E-state index contributed by atoms with van der Waals surface area (Å²) in [5, 5.41) is 19.4. The predicted molar refractivity (Wildman–Crippen MR) is 91.9 cm³/mol. The summed E-state index contributed by atoms with van der Waals surface area (Å²) in [4.78, 5) is 12.3. The van der Waals surface area contributed by atoms with Crippen LogP contribution < -0.4 is 13.8 Å². The molecule has 0 saturated carbocycles. The third-order valence-electron chi connectivity index (χ3n) is 3.42. The second-order valence-electron chi connectivity index (χ2n) is 5.46. The van der Waals surface area contributed by atoms with Crippen LogP contribution in [0.25, 0.3) is 22.3 Å². The van der Waals surface area contributed by atoms with Gasteiger partial charge < -0.3 is 32.1 Å². The van der Waals surface area contributed by atoms with Crippen LogP contribution in [0.3, 0.4) is 0 Å². The first-order valence-electron chi connectivity index (χ1n) is 7.27. The fourth-order valence-electron chi connectivity index (χ4n) is 2.40. The Bertz CT molecular complexity index is 1390. The van der Waals surface area contributed by atoms with Gasteiger partial charge in [-0.1, -0.05) is 0 Å². The van der Waals surface area contributed by atoms with Gasteiger partial charge >= 0.3 is 0 Å². The van der Waals surface area contributed by atoms with Gasteiger partial charge in [0.2, 0.25) is 0 Å². The first-order chi connectivity index (χ1) is 13.3. The maximum absolute atomic E-state index is 12.3. The van der Waals surface area contributed by atoms with Gasteiger partial charge in [0.15, 0.2) is 16.9 Å². The summed E-state index contributed by atoms with van der Waals surface area (Å²) < 4.78 is 77.5. The Morgan fingerprint density at radius 3 is 2.10 bits per heavy atom. The molecule has 0 radical (unpaired) electrons. The van der Waals surface area contributed by atoms with Crippen molar-refractivity contribution in [1.29, 1.82) is 0 Å². The molecule has 0 fully saturated rings. The molecule has 0 aliphatic heterocycles. The minimum Gasteiger partial charge on any atom is -0.716 e. The van der Waals surface area contributed by atoms with E-state index in [9.17, 15) is 40.9 Å². The molecule has 2 N–H and O–H groups in total. The number of hydrogen-bond acceptors (Lipinski definition) is 12. The fraction of sp³-hybridized carbons (Fsp3) is 0. The molecule has 1 heterocycles. The van der Waals surface area contributed by atoms with Gasteiger partial charge in [0.1, 0.15) is 28.2 Å². The number of phenolic OH excluding ortho intramolecular Hbond substituents is 2. The number of aromatic hydroxyl groups is 2. The SMILES string of the molecule is O=c1cc(-c2ccc(OS(=O)(=O)[O-])c(O)c2)oc2cc(OS(=O)(=O)[O-])cc(O)c12. The normalized spacial score (nSPS) is 12.1. The Morgan fingerprint density at radius 2 is 1.52 bits per heavy atom. The first-order valence-corrected chi connectivity index (χ1v) is 9.94. The minimum atomic E-state index is -5.16. The van der Waals surface area contributed by atoms with E-state index < -0.39 is 49.2 Å². The molecule has 29 heavy (non-hydrogen) atoms. The number of phenols is 2. The van der Waals surface area contributed by atoms with Crippen LogP contribution in [0.1, 0.15) is 0 Å². The lowest BCUT2D eigenvalue weighted by Gasteiger charge is -2.12. The van der Waals surface area contributed by atoms with Crippen LogP contribution in [0.5, 0.6) is 23.0 Å². The molecule has 0 saturated heterocycles. The molecule has 0 spiro atoms. The minimum absolute atomic E-state index is 0.0272. The standard InChI is InChI=1S/C15H10O12S2/c16-9-3-7(1-2-12(9)27-29(22,23)24)13-6-11(18)15-10(17)4-8(5-14(15)25-13)26-28(19,20)21/h1-6,16-17H,(H,19,20,21)(H,22,23,24)/p-2. The van der Waals surface area contributed by atoms with Gasteiger partial charge in [-0.25, -0.2) is 16.8 Å². The molecule has 0 atom stereocenters. The Balaban J connectivity index is 2.13. The van der Waals surface area contributed by atoms with E-state index in [1.807, 2.05) is 0 Å². The Morgan fingerprint density at radius 1 is 0.862 bits per heavy atom. The lowest BCUT2D eigenvalue weighted by Crippen LogP contribution is -2.08. The van der Waals surface area contributed by atoms with E-state index in [2.05, 4.69) is 8.37 Å². The van der Waals surface area contributed by atoms with E-state index in [1.165, 1.54) is 0 Å². The summed E-state index contributed by atoms with van der Waals surface area (Å²) >= 11 is 0. The molecule has 0 unspecified atom stereocenters. The highest BCUT2D eigenvalue weighted by molar-refractivity contribution is 7.81. The van der Waals surface area contributed by atoms with E-state index in [0.29, 0.717) is 0 Å². The molecule has 0 amide bonds. The number of benzene rings is 2. The van der Waals surface area contributed by atoms with Gasteiger partial charge in [0.25, 0.3) is 20.8 Å². The van der Waals surface area contributed by atoms with Crippen LogP contribution in [0, 0.1) is 0 Å². The lowest BCUT2D eigenvalue weighted by molar-refractivity contribution is 0.359. The van der Waals surface area contributed by atoms with Crippen LogP contribution in [-0.2, 0) is 20.8 Å². The molecule has 12 nitrogen and oxygen atoms in total. The molecule has 154 valence electrons. The number of fused-ring (bicyclic) bond motifs is 1. The molecule has 0 aliphatic rings. The zero-order chi connectivity index (χ0) is 21.6. The van der Waals surface area contributed by atoms with Crippen molar-refractivity contribution in [2.45, 2.75) is 0 Å². The summed E-state index contributed by atoms with van der Waals surface area (Å²) in [6.07, 6.45) is 0. The zero-order valence-corrected chi connectivity index (χ0v) is 15.4. The Kier molecular flexibility index (Phi) is 4.87. The predicted octanol–water partition coefficient (Wildman–Crippen LogP) is 0.549. The second-order valence-corrected chi connectivity index (χ2v) is 7.42. The van der Waals surface area contributed by atoms with Gasteiger partial charge in [0, 0.05) is 23.8 Å². The molecule has 0 aliphatic carbocycles. The van der Waals surface area contributed by atoms with Crippen molar-refractivity contribution in [2.75, 3.05) is 0 Å². The molecule has 3 aromatic rings. The molecule has 0 bridgehead atoms. The van der Waals surface area contributed by atoms with Crippen LogP contribution >= 0.6 is 0 Å². The molecular weight excluding hydrogens is 436 g/mol. The monoisotopic (exact) mass is 444 g/mol. The number of hydrogen-bond donors (Lipinski definition) is 2. The van der Waals surface area contributed by atoms with Crippen molar-refractivity contribution < 1.29 is 48.9 Å². The smallest absolute Gasteiger partial charge is 0.262 e. The molecule has 3 rings (SSSR count). The average molecular weight is 444 g/mol. The van der Waals surface area contributed by atoms with Crippen LogP contribution in [0.15, 0.2) is 45.6 Å². The quantitative estimate of drug-likeness (QED) is 0.409. The van der Waals surface area contributed by atoms with Crippen molar-refractivity contribution in [1.82, 2.24) is 0 Å². The third-order valence-corrected chi connectivity index (χ3v) is 4.20. The summed E-state index contributed by atoms with van der Waals surface area (Å²) in [5.74, 6) is -2.95. The van der Waals surface area contributed by atoms with E-state index in [1.54, 1.807) is 0 Å². The summed E-state index contributed by atoms with van der Waals surface area (Å²) in [6.45, 7) is 0. The van der Waals surface area contributed by atoms with Crippen LogP contribution in [0.4, 0.5) is 0 Å².